The number of hydrogen-bond donors (Lipinski definition) is 2. The highest BCUT2D eigenvalue weighted by Crippen LogP contribution is 2.42. The molecule has 2 saturated carbocycles. The topological polar surface area (TPSA) is 49.5 Å². The summed E-state index contributed by atoms with van der Waals surface area (Å²) in [4.78, 5) is 2.61. The van der Waals surface area contributed by atoms with Crippen LogP contribution in [0.1, 0.15) is 65.2 Å². The van der Waals surface area contributed by atoms with Gasteiger partial charge in [-0.1, -0.05) is 33.1 Å². The van der Waals surface area contributed by atoms with Gasteiger partial charge in [-0.3, -0.25) is 0 Å². The minimum atomic E-state index is -0.345. The lowest BCUT2D eigenvalue weighted by atomic mass is 9.67. The maximum atomic E-state index is 10.8. The molecular weight excluding hydrogens is 260 g/mol. The molecule has 3 aliphatic rings. The number of aliphatic hydroxyl groups is 1. The van der Waals surface area contributed by atoms with Crippen LogP contribution in [0.3, 0.4) is 0 Å². The Morgan fingerprint density at radius 3 is 2.71 bits per heavy atom. The molecule has 1 saturated heterocycles. The highest BCUT2D eigenvalue weighted by Gasteiger charge is 2.44. The fourth-order valence-electron chi connectivity index (χ4n) is 5.15. The first kappa shape index (κ1) is 15.8. The van der Waals surface area contributed by atoms with Crippen LogP contribution in [0.2, 0.25) is 0 Å². The van der Waals surface area contributed by atoms with Crippen LogP contribution in [0.15, 0.2) is 0 Å². The lowest BCUT2D eigenvalue weighted by Gasteiger charge is -2.49. The molecular formula is C18H34N2O. The van der Waals surface area contributed by atoms with Gasteiger partial charge in [0.05, 0.1) is 5.60 Å². The zero-order valence-corrected chi connectivity index (χ0v) is 14.0. The maximum Gasteiger partial charge on any atom is 0.0700 e. The van der Waals surface area contributed by atoms with E-state index < -0.39 is 0 Å². The normalized spacial score (nSPS) is 44.3. The Hall–Kier alpha value is -0.120. The minimum Gasteiger partial charge on any atom is -0.390 e. The average Bonchev–Trinajstić information content (AvgIpc) is 2.44. The molecule has 3 fully saturated rings. The van der Waals surface area contributed by atoms with Crippen LogP contribution in [-0.2, 0) is 0 Å². The standard InChI is InChI=1S/C18H34N2O/c1-17(2)8-5-6-14(16(17)19)12-20-11-10-18(21)9-4-3-7-15(18)13-20/h14-16,21H,3-13,19H2,1-2H3. The smallest absolute Gasteiger partial charge is 0.0700 e. The van der Waals surface area contributed by atoms with Crippen LogP contribution in [0.5, 0.6) is 0 Å². The van der Waals surface area contributed by atoms with Gasteiger partial charge in [0.1, 0.15) is 0 Å². The van der Waals surface area contributed by atoms with Crippen molar-refractivity contribution in [3.63, 3.8) is 0 Å². The number of piperidine rings is 1. The highest BCUT2D eigenvalue weighted by molar-refractivity contribution is 4.98. The summed E-state index contributed by atoms with van der Waals surface area (Å²) in [6.07, 6.45) is 9.63. The van der Waals surface area contributed by atoms with E-state index in [-0.39, 0.29) is 5.60 Å². The van der Waals surface area contributed by atoms with Crippen LogP contribution in [0.25, 0.3) is 0 Å². The summed E-state index contributed by atoms with van der Waals surface area (Å²) >= 11 is 0. The second-order valence-electron chi connectivity index (χ2n) is 8.72. The number of rotatable bonds is 2. The van der Waals surface area contributed by atoms with Gasteiger partial charge in [0.15, 0.2) is 0 Å². The first-order valence-corrected chi connectivity index (χ1v) is 9.11. The maximum absolute atomic E-state index is 10.8. The largest absolute Gasteiger partial charge is 0.390 e. The van der Waals surface area contributed by atoms with Gasteiger partial charge in [-0.2, -0.15) is 0 Å². The fourth-order valence-corrected chi connectivity index (χ4v) is 5.15. The van der Waals surface area contributed by atoms with Crippen molar-refractivity contribution in [1.29, 1.82) is 0 Å². The van der Waals surface area contributed by atoms with Crippen molar-refractivity contribution < 1.29 is 5.11 Å². The third-order valence-corrected chi connectivity index (χ3v) is 6.81. The van der Waals surface area contributed by atoms with Crippen LogP contribution >= 0.6 is 0 Å². The van der Waals surface area contributed by atoms with Crippen LogP contribution in [-0.4, -0.2) is 41.3 Å². The number of fused-ring (bicyclic) bond motifs is 1. The quantitative estimate of drug-likeness (QED) is 0.823. The Labute approximate surface area is 130 Å². The molecule has 1 heterocycles. The minimum absolute atomic E-state index is 0.296. The predicted molar refractivity (Wildman–Crippen MR) is 87.1 cm³/mol. The molecule has 3 rings (SSSR count). The van der Waals surface area contributed by atoms with Crippen LogP contribution in [0.4, 0.5) is 0 Å². The first-order chi connectivity index (χ1) is 9.91. The second kappa shape index (κ2) is 5.82. The summed E-state index contributed by atoms with van der Waals surface area (Å²) in [7, 11) is 0. The van der Waals surface area contributed by atoms with Crippen molar-refractivity contribution in [1.82, 2.24) is 4.90 Å². The van der Waals surface area contributed by atoms with Crippen molar-refractivity contribution in [3.05, 3.63) is 0 Å². The molecule has 0 aromatic heterocycles. The van der Waals surface area contributed by atoms with Crippen LogP contribution < -0.4 is 5.73 Å². The summed E-state index contributed by atoms with van der Waals surface area (Å²) in [6.45, 7) is 7.98. The third kappa shape index (κ3) is 3.16. The van der Waals surface area contributed by atoms with E-state index in [4.69, 9.17) is 5.73 Å². The molecule has 1 aliphatic heterocycles. The number of nitrogens with two attached hydrogens (primary N) is 1. The van der Waals surface area contributed by atoms with E-state index >= 15 is 0 Å². The number of likely N-dealkylation sites (tertiary alicyclic amines) is 1. The molecule has 3 nitrogen and oxygen atoms in total. The predicted octanol–water partition coefficient (Wildman–Crippen LogP) is 2.77. The monoisotopic (exact) mass is 294 g/mol. The van der Waals surface area contributed by atoms with E-state index in [1.807, 2.05) is 0 Å². The lowest BCUT2D eigenvalue weighted by molar-refractivity contribution is -0.0990. The SMILES string of the molecule is CC1(C)CCCC(CN2CCC3(O)CCCCC3C2)C1N. The van der Waals surface area contributed by atoms with E-state index in [9.17, 15) is 5.11 Å². The molecule has 0 bridgehead atoms. The summed E-state index contributed by atoms with van der Waals surface area (Å²) in [5, 5.41) is 10.8. The van der Waals surface area contributed by atoms with Gasteiger partial charge in [-0.25, -0.2) is 0 Å². The van der Waals surface area contributed by atoms with Crippen molar-refractivity contribution in [3.8, 4) is 0 Å². The van der Waals surface area contributed by atoms with Gasteiger partial charge in [0.2, 0.25) is 0 Å². The molecule has 122 valence electrons. The number of hydrogen-bond acceptors (Lipinski definition) is 3. The molecule has 4 unspecified atom stereocenters. The Kier molecular flexibility index (Phi) is 4.37. The molecule has 2 aliphatic carbocycles. The first-order valence-electron chi connectivity index (χ1n) is 9.11. The Morgan fingerprint density at radius 1 is 1.10 bits per heavy atom. The van der Waals surface area contributed by atoms with Crippen molar-refractivity contribution in [2.24, 2.45) is 23.0 Å². The average molecular weight is 294 g/mol. The Balaban J connectivity index is 1.59. The fraction of sp³-hybridized carbons (Fsp3) is 1.00. The summed E-state index contributed by atoms with van der Waals surface area (Å²) < 4.78 is 0. The lowest BCUT2D eigenvalue weighted by Crippen LogP contribution is -2.56. The van der Waals surface area contributed by atoms with E-state index in [0.29, 0.717) is 23.3 Å². The zero-order chi connectivity index (χ0) is 15.1. The molecule has 0 amide bonds. The van der Waals surface area contributed by atoms with Gasteiger partial charge < -0.3 is 15.7 Å². The van der Waals surface area contributed by atoms with Crippen molar-refractivity contribution in [2.75, 3.05) is 19.6 Å². The van der Waals surface area contributed by atoms with E-state index in [0.717, 1.165) is 32.5 Å². The summed E-state index contributed by atoms with van der Waals surface area (Å²) in [6, 6.07) is 0.332. The molecule has 4 atom stereocenters. The molecule has 0 spiro atoms. The third-order valence-electron chi connectivity index (χ3n) is 6.81. The van der Waals surface area contributed by atoms with Gasteiger partial charge in [-0.15, -0.1) is 0 Å². The van der Waals surface area contributed by atoms with E-state index in [2.05, 4.69) is 18.7 Å². The van der Waals surface area contributed by atoms with Gasteiger partial charge in [0.25, 0.3) is 0 Å². The highest BCUT2D eigenvalue weighted by atomic mass is 16.3. The molecule has 3 heteroatoms. The summed E-state index contributed by atoms with van der Waals surface area (Å²) in [5.74, 6) is 1.15. The molecule has 21 heavy (non-hydrogen) atoms. The zero-order valence-electron chi connectivity index (χ0n) is 14.0. The van der Waals surface area contributed by atoms with Crippen molar-refractivity contribution in [2.45, 2.75) is 76.9 Å². The molecule has 0 aromatic rings. The van der Waals surface area contributed by atoms with Gasteiger partial charge >= 0.3 is 0 Å². The Morgan fingerprint density at radius 2 is 1.90 bits per heavy atom. The second-order valence-corrected chi connectivity index (χ2v) is 8.72. The van der Waals surface area contributed by atoms with Crippen molar-refractivity contribution >= 4 is 0 Å². The molecule has 0 radical (unpaired) electrons. The molecule has 0 aromatic carbocycles. The number of nitrogens with zero attached hydrogens (tertiary/aromatic N) is 1. The van der Waals surface area contributed by atoms with Gasteiger partial charge in [0, 0.05) is 31.6 Å². The Bertz CT molecular complexity index is 370. The molecule has 3 N–H and O–H groups in total. The van der Waals surface area contributed by atoms with Gasteiger partial charge in [-0.05, 0) is 43.4 Å². The van der Waals surface area contributed by atoms with E-state index in [1.54, 1.807) is 0 Å². The summed E-state index contributed by atoms with van der Waals surface area (Å²) in [5.41, 5.74) is 6.51. The van der Waals surface area contributed by atoms with Crippen LogP contribution in [0, 0.1) is 17.3 Å². The van der Waals surface area contributed by atoms with E-state index in [1.165, 1.54) is 38.5 Å².